The van der Waals surface area contributed by atoms with Crippen LogP contribution in [0.15, 0.2) is 23.1 Å². The van der Waals surface area contributed by atoms with E-state index in [0.717, 1.165) is 18.4 Å². The average molecular weight is 222 g/mol. The molecule has 0 spiro atoms. The Morgan fingerprint density at radius 1 is 1.47 bits per heavy atom. The fraction of sp³-hybridized carbons (Fsp3) is 0.462. The first-order valence-electron chi connectivity index (χ1n) is 5.49. The van der Waals surface area contributed by atoms with E-state index >= 15 is 0 Å². The zero-order valence-corrected chi connectivity index (χ0v) is 10.3. The Hall–Kier alpha value is -0.890. The zero-order chi connectivity index (χ0) is 11.1. The molecule has 1 aromatic heterocycles. The average Bonchev–Trinajstić information content (AvgIpc) is 2.69. The van der Waals surface area contributed by atoms with E-state index in [2.05, 4.69) is 6.92 Å². The fourth-order valence-electron chi connectivity index (χ4n) is 1.46. The Labute approximate surface area is 95.8 Å². The van der Waals surface area contributed by atoms with Gasteiger partial charge in [0.1, 0.15) is 0 Å². The molecule has 0 N–H and O–H groups in total. The number of carbonyl (C=O) groups excluding carboxylic acids is 1. The number of allylic oxidation sites excluding steroid dienone is 1. The monoisotopic (exact) mass is 222 g/mol. The minimum atomic E-state index is 0.208. The number of Topliss-reactive ketones (excluding diaryl/α,β-unsaturated/α-hetero) is 1. The third kappa shape index (κ3) is 4.43. The number of carbonyl (C=O) groups is 1. The maximum Gasteiger partial charge on any atom is 0.155 e. The van der Waals surface area contributed by atoms with E-state index in [9.17, 15) is 4.79 Å². The van der Waals surface area contributed by atoms with Crippen LogP contribution in [0.1, 0.15) is 44.4 Å². The summed E-state index contributed by atoms with van der Waals surface area (Å²) in [6.07, 6.45) is 6.47. The first-order chi connectivity index (χ1) is 7.24. The van der Waals surface area contributed by atoms with Crippen LogP contribution in [0.2, 0.25) is 0 Å². The Morgan fingerprint density at radius 3 is 2.80 bits per heavy atom. The van der Waals surface area contributed by atoms with Crippen molar-refractivity contribution in [3.63, 3.8) is 0 Å². The fourth-order valence-corrected chi connectivity index (χ4v) is 2.14. The minimum absolute atomic E-state index is 0.208. The lowest BCUT2D eigenvalue weighted by molar-refractivity contribution is -0.113. The van der Waals surface area contributed by atoms with E-state index in [0.29, 0.717) is 0 Å². The molecule has 0 aliphatic carbocycles. The van der Waals surface area contributed by atoms with Crippen LogP contribution >= 0.6 is 11.3 Å². The lowest BCUT2D eigenvalue weighted by Crippen LogP contribution is -1.96. The number of rotatable bonds is 6. The highest BCUT2D eigenvalue weighted by molar-refractivity contribution is 7.10. The van der Waals surface area contributed by atoms with Crippen molar-refractivity contribution in [1.82, 2.24) is 0 Å². The molecule has 0 atom stereocenters. The van der Waals surface area contributed by atoms with E-state index in [1.165, 1.54) is 17.7 Å². The quantitative estimate of drug-likeness (QED) is 0.518. The van der Waals surface area contributed by atoms with E-state index in [1.54, 1.807) is 18.3 Å². The maximum atomic E-state index is 11.4. The second kappa shape index (κ2) is 6.57. The van der Waals surface area contributed by atoms with Crippen molar-refractivity contribution >= 4 is 23.2 Å². The molecule has 0 radical (unpaired) electrons. The molecule has 0 saturated heterocycles. The van der Waals surface area contributed by atoms with E-state index < -0.39 is 0 Å². The van der Waals surface area contributed by atoms with Crippen LogP contribution in [0.25, 0.3) is 6.08 Å². The lowest BCUT2D eigenvalue weighted by Gasteiger charge is -2.02. The molecule has 0 unspecified atom stereocenters. The van der Waals surface area contributed by atoms with E-state index in [-0.39, 0.29) is 5.78 Å². The molecule has 15 heavy (non-hydrogen) atoms. The van der Waals surface area contributed by atoms with Crippen molar-refractivity contribution in [3.8, 4) is 0 Å². The molecule has 0 aliphatic rings. The Balaban J connectivity index is 2.61. The second-order valence-electron chi connectivity index (χ2n) is 3.70. The largest absolute Gasteiger partial charge is 0.295 e. The van der Waals surface area contributed by atoms with Crippen molar-refractivity contribution < 1.29 is 4.79 Å². The van der Waals surface area contributed by atoms with Crippen molar-refractivity contribution in [1.29, 1.82) is 0 Å². The van der Waals surface area contributed by atoms with Gasteiger partial charge in [-0.2, -0.15) is 0 Å². The van der Waals surface area contributed by atoms with Gasteiger partial charge in [-0.3, -0.25) is 4.79 Å². The summed E-state index contributed by atoms with van der Waals surface area (Å²) in [5, 5.41) is 2.04. The number of ketones is 1. The first-order valence-corrected chi connectivity index (χ1v) is 6.37. The summed E-state index contributed by atoms with van der Waals surface area (Å²) in [4.78, 5) is 12.6. The molecular formula is C13H18OS. The summed E-state index contributed by atoms with van der Waals surface area (Å²) in [5.74, 6) is 0.208. The van der Waals surface area contributed by atoms with Gasteiger partial charge in [0.05, 0.1) is 0 Å². The standard InChI is InChI=1S/C13H18OS/c1-3-4-5-7-12(11(2)14)10-13-8-6-9-15-13/h6,8-10H,3-5,7H2,1-2H3/b12-10+. The van der Waals surface area contributed by atoms with Crippen molar-refractivity contribution in [2.45, 2.75) is 39.5 Å². The van der Waals surface area contributed by atoms with Gasteiger partial charge in [0, 0.05) is 4.88 Å². The number of hydrogen-bond donors (Lipinski definition) is 0. The van der Waals surface area contributed by atoms with Crippen molar-refractivity contribution in [3.05, 3.63) is 28.0 Å². The summed E-state index contributed by atoms with van der Waals surface area (Å²) >= 11 is 1.68. The number of thiophene rings is 1. The minimum Gasteiger partial charge on any atom is -0.295 e. The van der Waals surface area contributed by atoms with E-state index in [1.807, 2.05) is 23.6 Å². The Bertz CT molecular complexity index is 322. The molecule has 0 fully saturated rings. The molecule has 1 aromatic rings. The summed E-state index contributed by atoms with van der Waals surface area (Å²) in [7, 11) is 0. The molecule has 1 heterocycles. The van der Waals surface area contributed by atoms with Crippen LogP contribution in [0, 0.1) is 0 Å². The predicted octanol–water partition coefficient (Wildman–Crippen LogP) is 4.30. The van der Waals surface area contributed by atoms with Gasteiger partial charge in [-0.25, -0.2) is 0 Å². The van der Waals surface area contributed by atoms with Gasteiger partial charge in [-0.05, 0) is 42.9 Å². The topological polar surface area (TPSA) is 17.1 Å². The summed E-state index contributed by atoms with van der Waals surface area (Å²) in [6, 6.07) is 4.06. The van der Waals surface area contributed by atoms with E-state index in [4.69, 9.17) is 0 Å². The molecule has 1 rings (SSSR count). The molecule has 82 valence electrons. The third-order valence-corrected chi connectivity index (χ3v) is 3.18. The molecule has 0 bridgehead atoms. The van der Waals surface area contributed by atoms with Gasteiger partial charge in [0.15, 0.2) is 5.78 Å². The molecule has 1 nitrogen and oxygen atoms in total. The van der Waals surface area contributed by atoms with Gasteiger partial charge in [0.25, 0.3) is 0 Å². The Morgan fingerprint density at radius 2 is 2.27 bits per heavy atom. The molecule has 2 heteroatoms. The zero-order valence-electron chi connectivity index (χ0n) is 9.45. The molecule has 0 aliphatic heterocycles. The van der Waals surface area contributed by atoms with Crippen LogP contribution in [-0.2, 0) is 4.79 Å². The summed E-state index contributed by atoms with van der Waals surface area (Å²) in [6.45, 7) is 3.84. The second-order valence-corrected chi connectivity index (χ2v) is 4.68. The SMILES string of the molecule is CCCCC/C(=C\c1cccs1)C(C)=O. The molecule has 0 aromatic carbocycles. The van der Waals surface area contributed by atoms with Crippen LogP contribution in [-0.4, -0.2) is 5.78 Å². The number of unbranched alkanes of at least 4 members (excludes halogenated alkanes) is 2. The van der Waals surface area contributed by atoms with Crippen LogP contribution < -0.4 is 0 Å². The highest BCUT2D eigenvalue weighted by Crippen LogP contribution is 2.18. The van der Waals surface area contributed by atoms with Gasteiger partial charge < -0.3 is 0 Å². The van der Waals surface area contributed by atoms with Crippen LogP contribution in [0.4, 0.5) is 0 Å². The smallest absolute Gasteiger partial charge is 0.155 e. The molecule has 0 saturated carbocycles. The molecule has 0 amide bonds. The van der Waals surface area contributed by atoms with Gasteiger partial charge in [-0.1, -0.05) is 25.8 Å². The third-order valence-electron chi connectivity index (χ3n) is 2.36. The van der Waals surface area contributed by atoms with Crippen LogP contribution in [0.5, 0.6) is 0 Å². The predicted molar refractivity (Wildman–Crippen MR) is 67.1 cm³/mol. The molecular weight excluding hydrogens is 204 g/mol. The highest BCUT2D eigenvalue weighted by Gasteiger charge is 2.03. The Kier molecular flexibility index (Phi) is 5.33. The maximum absolute atomic E-state index is 11.4. The lowest BCUT2D eigenvalue weighted by atomic mass is 10.0. The summed E-state index contributed by atoms with van der Waals surface area (Å²) in [5.41, 5.74) is 0.964. The van der Waals surface area contributed by atoms with Crippen molar-refractivity contribution in [2.24, 2.45) is 0 Å². The normalized spacial score (nSPS) is 11.7. The first kappa shape index (κ1) is 12.2. The van der Waals surface area contributed by atoms with Gasteiger partial charge >= 0.3 is 0 Å². The van der Waals surface area contributed by atoms with Gasteiger partial charge in [-0.15, -0.1) is 11.3 Å². The van der Waals surface area contributed by atoms with Gasteiger partial charge in [0.2, 0.25) is 0 Å². The van der Waals surface area contributed by atoms with Crippen molar-refractivity contribution in [2.75, 3.05) is 0 Å². The van der Waals surface area contributed by atoms with Crippen LogP contribution in [0.3, 0.4) is 0 Å². The number of hydrogen-bond acceptors (Lipinski definition) is 2. The highest BCUT2D eigenvalue weighted by atomic mass is 32.1. The summed E-state index contributed by atoms with van der Waals surface area (Å²) < 4.78 is 0.